The Bertz CT molecular complexity index is 284. The zero-order chi connectivity index (χ0) is 18.6. The van der Waals surface area contributed by atoms with E-state index in [1.165, 1.54) is 90.4 Å². The molecule has 0 bridgehead atoms. The van der Waals surface area contributed by atoms with Gasteiger partial charge in [0.25, 0.3) is 0 Å². The van der Waals surface area contributed by atoms with Crippen molar-refractivity contribution in [2.45, 2.75) is 110 Å². The summed E-state index contributed by atoms with van der Waals surface area (Å²) in [4.78, 5) is 10.9. The fourth-order valence-corrected chi connectivity index (χ4v) is 3.39. The third-order valence-electron chi connectivity index (χ3n) is 4.45. The summed E-state index contributed by atoms with van der Waals surface area (Å²) >= 11 is 2.23. The average molecular weight is 468 g/mol. The maximum atomic E-state index is 10.9. The molecule has 0 spiro atoms. The van der Waals surface area contributed by atoms with Crippen molar-refractivity contribution in [1.29, 1.82) is 0 Å². The summed E-state index contributed by atoms with van der Waals surface area (Å²) in [6, 6.07) is 0. The number of carbonyl (C=O) groups excluding carboxylic acids is 1. The lowest BCUT2D eigenvalue weighted by Gasteiger charge is -2.14. The quantitative estimate of drug-likeness (QED) is 0.0900. The molecule has 25 heavy (non-hydrogen) atoms. The summed E-state index contributed by atoms with van der Waals surface area (Å²) < 4.78 is 11.6. The van der Waals surface area contributed by atoms with E-state index in [9.17, 15) is 4.79 Å². The molecule has 0 heterocycles. The lowest BCUT2D eigenvalue weighted by Crippen LogP contribution is -2.24. The molecular formula is C21H41IO3. The topological polar surface area (TPSA) is 35.5 Å². The molecule has 0 aromatic rings. The van der Waals surface area contributed by atoms with Gasteiger partial charge < -0.3 is 9.47 Å². The first-order chi connectivity index (χ1) is 12.2. The molecule has 0 radical (unpaired) electrons. The van der Waals surface area contributed by atoms with Crippen molar-refractivity contribution >= 4 is 28.6 Å². The van der Waals surface area contributed by atoms with Crippen LogP contribution in [0.25, 0.3) is 0 Å². The second-order valence-electron chi connectivity index (χ2n) is 7.06. The number of hydrogen-bond acceptors (Lipinski definition) is 3. The van der Waals surface area contributed by atoms with Gasteiger partial charge in [0.1, 0.15) is 6.10 Å². The highest BCUT2D eigenvalue weighted by molar-refractivity contribution is 14.1. The van der Waals surface area contributed by atoms with E-state index < -0.39 is 0 Å². The van der Waals surface area contributed by atoms with Crippen molar-refractivity contribution in [2.75, 3.05) is 17.6 Å². The monoisotopic (exact) mass is 468 g/mol. The van der Waals surface area contributed by atoms with Crippen LogP contribution >= 0.6 is 22.6 Å². The van der Waals surface area contributed by atoms with Crippen LogP contribution in [-0.2, 0) is 14.3 Å². The Balaban J connectivity index is 3.15. The summed E-state index contributed by atoms with van der Waals surface area (Å²) in [6.45, 7) is 5.04. The molecule has 4 heteroatoms. The number of alkyl halides is 1. The fourth-order valence-electron chi connectivity index (χ4n) is 2.96. The lowest BCUT2D eigenvalue weighted by molar-refractivity contribution is -0.147. The highest BCUT2D eigenvalue weighted by atomic mass is 127. The van der Waals surface area contributed by atoms with Crippen LogP contribution in [0.5, 0.6) is 0 Å². The molecule has 0 N–H and O–H groups in total. The van der Waals surface area contributed by atoms with Crippen LogP contribution in [0.2, 0.25) is 0 Å². The van der Waals surface area contributed by atoms with Gasteiger partial charge >= 0.3 is 5.97 Å². The van der Waals surface area contributed by atoms with Crippen LogP contribution in [0, 0.1) is 0 Å². The van der Waals surface area contributed by atoms with Gasteiger partial charge in [-0.15, -0.1) is 0 Å². The van der Waals surface area contributed by atoms with Crippen LogP contribution < -0.4 is 0 Å². The standard InChI is InChI=1S/C21H41IO3/c1-3-4-5-6-7-8-9-10-11-12-13-14-15-16-17-24-19-21(18-22)25-20(2)23/h21H,3-19H2,1-2H3/t21-/m0/s1. The van der Waals surface area contributed by atoms with Crippen molar-refractivity contribution in [1.82, 2.24) is 0 Å². The molecule has 0 saturated carbocycles. The molecule has 0 unspecified atom stereocenters. The largest absolute Gasteiger partial charge is 0.459 e. The Morgan fingerprint density at radius 3 is 1.64 bits per heavy atom. The van der Waals surface area contributed by atoms with E-state index in [1.54, 1.807) is 0 Å². The molecule has 3 nitrogen and oxygen atoms in total. The first kappa shape index (κ1) is 25.2. The Morgan fingerprint density at radius 1 is 0.800 bits per heavy atom. The van der Waals surface area contributed by atoms with Crippen molar-refractivity contribution in [3.05, 3.63) is 0 Å². The molecule has 0 aliphatic carbocycles. The summed E-state index contributed by atoms with van der Waals surface area (Å²) in [7, 11) is 0. The average Bonchev–Trinajstić information content (AvgIpc) is 2.60. The Morgan fingerprint density at radius 2 is 1.24 bits per heavy atom. The molecule has 0 aromatic carbocycles. The van der Waals surface area contributed by atoms with Gasteiger partial charge in [-0.3, -0.25) is 4.79 Å². The number of hydrogen-bond donors (Lipinski definition) is 0. The minimum atomic E-state index is -0.221. The molecule has 0 amide bonds. The summed E-state index contributed by atoms with van der Waals surface area (Å²) in [6.07, 6.45) is 19.1. The van der Waals surface area contributed by atoms with Crippen LogP contribution in [0.3, 0.4) is 0 Å². The van der Waals surface area contributed by atoms with Gasteiger partial charge in [-0.05, 0) is 6.42 Å². The number of ether oxygens (including phenoxy) is 2. The molecule has 0 rings (SSSR count). The van der Waals surface area contributed by atoms with Gasteiger partial charge in [0, 0.05) is 18.0 Å². The van der Waals surface area contributed by atoms with E-state index in [2.05, 4.69) is 29.5 Å². The molecule has 150 valence electrons. The number of rotatable bonds is 19. The van der Waals surface area contributed by atoms with E-state index in [0.717, 1.165) is 17.5 Å². The highest BCUT2D eigenvalue weighted by Gasteiger charge is 2.09. The first-order valence-electron chi connectivity index (χ1n) is 10.5. The van der Waals surface area contributed by atoms with Gasteiger partial charge in [0.05, 0.1) is 6.61 Å². The SMILES string of the molecule is CCCCCCCCCCCCCCCCOC[C@H](CI)OC(C)=O. The zero-order valence-electron chi connectivity index (χ0n) is 16.7. The zero-order valence-corrected chi connectivity index (χ0v) is 18.9. The predicted molar refractivity (Wildman–Crippen MR) is 116 cm³/mol. The van der Waals surface area contributed by atoms with Gasteiger partial charge in [0.2, 0.25) is 0 Å². The maximum Gasteiger partial charge on any atom is 0.303 e. The van der Waals surface area contributed by atoms with E-state index in [0.29, 0.717) is 6.61 Å². The van der Waals surface area contributed by atoms with Crippen molar-refractivity contribution in [3.63, 3.8) is 0 Å². The van der Waals surface area contributed by atoms with Crippen LogP contribution in [-0.4, -0.2) is 29.7 Å². The van der Waals surface area contributed by atoms with Gasteiger partial charge in [0.15, 0.2) is 0 Å². The highest BCUT2D eigenvalue weighted by Crippen LogP contribution is 2.13. The maximum absolute atomic E-state index is 10.9. The number of carbonyl (C=O) groups is 1. The van der Waals surface area contributed by atoms with Crippen molar-refractivity contribution in [3.8, 4) is 0 Å². The van der Waals surface area contributed by atoms with E-state index in [4.69, 9.17) is 9.47 Å². The normalized spacial score (nSPS) is 12.3. The second-order valence-corrected chi connectivity index (χ2v) is 7.94. The van der Waals surface area contributed by atoms with E-state index in [1.807, 2.05) is 0 Å². The minimum absolute atomic E-state index is 0.0928. The third-order valence-corrected chi connectivity index (χ3v) is 5.43. The molecular weight excluding hydrogens is 427 g/mol. The molecule has 0 saturated heterocycles. The Kier molecular flexibility index (Phi) is 20.6. The smallest absolute Gasteiger partial charge is 0.303 e. The lowest BCUT2D eigenvalue weighted by atomic mass is 10.0. The van der Waals surface area contributed by atoms with Crippen LogP contribution in [0.4, 0.5) is 0 Å². The van der Waals surface area contributed by atoms with Gasteiger partial charge in [-0.1, -0.05) is 113 Å². The van der Waals surface area contributed by atoms with Crippen LogP contribution in [0.1, 0.15) is 104 Å². The molecule has 1 atom stereocenters. The molecule has 0 aliphatic heterocycles. The number of esters is 1. The molecule has 0 aromatic heterocycles. The number of unbranched alkanes of at least 4 members (excludes halogenated alkanes) is 13. The third kappa shape index (κ3) is 20.3. The van der Waals surface area contributed by atoms with Gasteiger partial charge in [-0.2, -0.15) is 0 Å². The Hall–Kier alpha value is 0.160. The summed E-state index contributed by atoms with van der Waals surface area (Å²) in [5.41, 5.74) is 0. The van der Waals surface area contributed by atoms with Gasteiger partial charge in [-0.25, -0.2) is 0 Å². The molecule has 0 fully saturated rings. The predicted octanol–water partition coefficient (Wildman–Crippen LogP) is 6.85. The van der Waals surface area contributed by atoms with E-state index in [-0.39, 0.29) is 12.1 Å². The second kappa shape index (κ2) is 20.5. The fraction of sp³-hybridized carbons (Fsp3) is 0.952. The Labute approximate surface area is 170 Å². The van der Waals surface area contributed by atoms with Crippen molar-refractivity contribution in [2.24, 2.45) is 0 Å². The number of halogens is 1. The van der Waals surface area contributed by atoms with Crippen LogP contribution in [0.15, 0.2) is 0 Å². The first-order valence-corrected chi connectivity index (χ1v) is 12.0. The minimum Gasteiger partial charge on any atom is -0.459 e. The van der Waals surface area contributed by atoms with Crippen molar-refractivity contribution < 1.29 is 14.3 Å². The summed E-state index contributed by atoms with van der Waals surface area (Å²) in [5.74, 6) is -0.221. The summed E-state index contributed by atoms with van der Waals surface area (Å²) in [5, 5.41) is 0. The molecule has 0 aliphatic rings. The van der Waals surface area contributed by atoms with E-state index >= 15 is 0 Å².